The predicted molar refractivity (Wildman–Crippen MR) is 53.9 cm³/mol. The van der Waals surface area contributed by atoms with Crippen LogP contribution in [0.2, 0.25) is 0 Å². The van der Waals surface area contributed by atoms with Gasteiger partial charge in [-0.15, -0.1) is 0 Å². The van der Waals surface area contributed by atoms with Gasteiger partial charge in [0.25, 0.3) is 5.91 Å². The smallest absolute Gasteiger partial charge is 0.271 e. The quantitative estimate of drug-likeness (QED) is 0.784. The zero-order valence-corrected chi connectivity index (χ0v) is 8.74. The van der Waals surface area contributed by atoms with E-state index in [9.17, 15) is 4.79 Å². The van der Waals surface area contributed by atoms with Crippen molar-refractivity contribution in [3.05, 3.63) is 23.8 Å². The molecule has 0 radical (unpaired) electrons. The van der Waals surface area contributed by atoms with E-state index in [2.05, 4.69) is 15.3 Å². The Labute approximate surface area is 83.8 Å². The SMILES string of the molecule is Cc1cnc(C(=O)NCC(C)C)cn1. The number of hydrogen-bond donors (Lipinski definition) is 1. The fraction of sp³-hybridized carbons (Fsp3) is 0.500. The Morgan fingerprint density at radius 3 is 2.64 bits per heavy atom. The summed E-state index contributed by atoms with van der Waals surface area (Å²) >= 11 is 0. The molecule has 1 heterocycles. The molecule has 0 bridgehead atoms. The van der Waals surface area contributed by atoms with Gasteiger partial charge in [-0.1, -0.05) is 13.8 Å². The van der Waals surface area contributed by atoms with Crippen LogP contribution in [0.15, 0.2) is 12.4 Å². The van der Waals surface area contributed by atoms with Gasteiger partial charge in [0.15, 0.2) is 0 Å². The molecule has 0 aliphatic rings. The minimum atomic E-state index is -0.161. The van der Waals surface area contributed by atoms with E-state index in [-0.39, 0.29) is 5.91 Å². The zero-order chi connectivity index (χ0) is 10.6. The van der Waals surface area contributed by atoms with Crippen molar-refractivity contribution in [1.29, 1.82) is 0 Å². The standard InChI is InChI=1S/C10H15N3O/c1-7(2)4-13-10(14)9-6-11-8(3)5-12-9/h5-7H,4H2,1-3H3,(H,13,14). The van der Waals surface area contributed by atoms with E-state index < -0.39 is 0 Å². The number of amides is 1. The highest BCUT2D eigenvalue weighted by Gasteiger charge is 2.06. The third kappa shape index (κ3) is 3.12. The molecule has 0 atom stereocenters. The number of nitrogens with zero attached hydrogens (tertiary/aromatic N) is 2. The number of carbonyl (C=O) groups excluding carboxylic acids is 1. The first kappa shape index (κ1) is 10.6. The summed E-state index contributed by atoms with van der Waals surface area (Å²) in [5, 5.41) is 2.78. The van der Waals surface area contributed by atoms with Gasteiger partial charge in [0.2, 0.25) is 0 Å². The second-order valence-electron chi connectivity index (χ2n) is 3.65. The summed E-state index contributed by atoms with van der Waals surface area (Å²) in [5.41, 5.74) is 1.18. The Hall–Kier alpha value is -1.45. The Balaban J connectivity index is 2.57. The topological polar surface area (TPSA) is 54.9 Å². The molecule has 0 saturated heterocycles. The van der Waals surface area contributed by atoms with Crippen molar-refractivity contribution in [3.63, 3.8) is 0 Å². The lowest BCUT2D eigenvalue weighted by Gasteiger charge is -2.06. The molecule has 1 N–H and O–H groups in total. The summed E-state index contributed by atoms with van der Waals surface area (Å²) in [6.07, 6.45) is 3.08. The third-order valence-corrected chi connectivity index (χ3v) is 1.68. The van der Waals surface area contributed by atoms with Crippen LogP contribution in [0.5, 0.6) is 0 Å². The molecule has 0 unspecified atom stereocenters. The van der Waals surface area contributed by atoms with Crippen molar-refractivity contribution in [2.45, 2.75) is 20.8 Å². The molecule has 0 fully saturated rings. The van der Waals surface area contributed by atoms with Crippen LogP contribution < -0.4 is 5.32 Å². The van der Waals surface area contributed by atoms with Gasteiger partial charge in [-0.2, -0.15) is 0 Å². The molecule has 1 aromatic rings. The van der Waals surface area contributed by atoms with Crippen LogP contribution in [-0.2, 0) is 0 Å². The van der Waals surface area contributed by atoms with Crippen LogP contribution in [0.1, 0.15) is 30.0 Å². The summed E-state index contributed by atoms with van der Waals surface area (Å²) < 4.78 is 0. The molecule has 4 heteroatoms. The Kier molecular flexibility index (Phi) is 3.56. The van der Waals surface area contributed by atoms with Gasteiger partial charge in [0.1, 0.15) is 5.69 Å². The second kappa shape index (κ2) is 4.69. The minimum Gasteiger partial charge on any atom is -0.350 e. The highest BCUT2D eigenvalue weighted by atomic mass is 16.1. The molecule has 76 valence electrons. The average Bonchev–Trinajstić information content (AvgIpc) is 2.15. The molecule has 0 aliphatic heterocycles. The van der Waals surface area contributed by atoms with E-state index in [1.54, 1.807) is 6.20 Å². The van der Waals surface area contributed by atoms with E-state index in [0.29, 0.717) is 18.2 Å². The highest BCUT2D eigenvalue weighted by molar-refractivity contribution is 5.91. The number of aromatic nitrogens is 2. The minimum absolute atomic E-state index is 0.161. The van der Waals surface area contributed by atoms with Crippen molar-refractivity contribution >= 4 is 5.91 Å². The lowest BCUT2D eigenvalue weighted by molar-refractivity contribution is 0.0943. The van der Waals surface area contributed by atoms with Gasteiger partial charge in [0, 0.05) is 12.7 Å². The molecule has 1 amide bonds. The van der Waals surface area contributed by atoms with Crippen LogP contribution in [0.3, 0.4) is 0 Å². The van der Waals surface area contributed by atoms with Crippen LogP contribution in [0.25, 0.3) is 0 Å². The van der Waals surface area contributed by atoms with Gasteiger partial charge in [0.05, 0.1) is 11.9 Å². The van der Waals surface area contributed by atoms with E-state index in [4.69, 9.17) is 0 Å². The molecule has 4 nitrogen and oxygen atoms in total. The van der Waals surface area contributed by atoms with Crippen LogP contribution in [0.4, 0.5) is 0 Å². The van der Waals surface area contributed by atoms with Gasteiger partial charge >= 0.3 is 0 Å². The third-order valence-electron chi connectivity index (χ3n) is 1.68. The van der Waals surface area contributed by atoms with Crippen molar-refractivity contribution < 1.29 is 4.79 Å². The molecule has 0 saturated carbocycles. The first-order valence-corrected chi connectivity index (χ1v) is 4.66. The lowest BCUT2D eigenvalue weighted by atomic mass is 10.2. The van der Waals surface area contributed by atoms with Gasteiger partial charge in [-0.25, -0.2) is 4.98 Å². The van der Waals surface area contributed by atoms with Gasteiger partial charge in [-0.3, -0.25) is 9.78 Å². The highest BCUT2D eigenvalue weighted by Crippen LogP contribution is 1.95. The van der Waals surface area contributed by atoms with Crippen LogP contribution >= 0.6 is 0 Å². The molecule has 0 aromatic carbocycles. The Morgan fingerprint density at radius 2 is 2.14 bits per heavy atom. The molecule has 14 heavy (non-hydrogen) atoms. The molecule has 1 rings (SSSR count). The van der Waals surface area contributed by atoms with Crippen molar-refractivity contribution in [1.82, 2.24) is 15.3 Å². The molecular weight excluding hydrogens is 178 g/mol. The molecule has 1 aromatic heterocycles. The van der Waals surface area contributed by atoms with Crippen LogP contribution in [0, 0.1) is 12.8 Å². The number of aryl methyl sites for hydroxylation is 1. The average molecular weight is 193 g/mol. The van der Waals surface area contributed by atoms with Crippen molar-refractivity contribution in [2.75, 3.05) is 6.54 Å². The lowest BCUT2D eigenvalue weighted by Crippen LogP contribution is -2.28. The fourth-order valence-electron chi connectivity index (χ4n) is 0.897. The maximum absolute atomic E-state index is 11.4. The van der Waals surface area contributed by atoms with E-state index in [1.807, 2.05) is 20.8 Å². The number of carbonyl (C=O) groups is 1. The summed E-state index contributed by atoms with van der Waals surface area (Å²) in [4.78, 5) is 19.4. The first-order chi connectivity index (χ1) is 6.59. The van der Waals surface area contributed by atoms with E-state index in [1.165, 1.54) is 6.20 Å². The Morgan fingerprint density at radius 1 is 1.43 bits per heavy atom. The molecule has 0 spiro atoms. The van der Waals surface area contributed by atoms with Gasteiger partial charge < -0.3 is 5.32 Å². The number of nitrogens with one attached hydrogen (secondary N) is 1. The van der Waals surface area contributed by atoms with E-state index in [0.717, 1.165) is 5.69 Å². The predicted octanol–water partition coefficient (Wildman–Crippen LogP) is 1.17. The molecule has 0 aliphatic carbocycles. The fourth-order valence-corrected chi connectivity index (χ4v) is 0.897. The summed E-state index contributed by atoms with van der Waals surface area (Å²) in [6.45, 7) is 6.58. The first-order valence-electron chi connectivity index (χ1n) is 4.66. The second-order valence-corrected chi connectivity index (χ2v) is 3.65. The van der Waals surface area contributed by atoms with Crippen LogP contribution in [-0.4, -0.2) is 22.4 Å². The Bertz CT molecular complexity index is 306. The number of rotatable bonds is 3. The molecular formula is C10H15N3O. The number of hydrogen-bond acceptors (Lipinski definition) is 3. The maximum atomic E-state index is 11.4. The zero-order valence-electron chi connectivity index (χ0n) is 8.74. The van der Waals surface area contributed by atoms with Gasteiger partial charge in [-0.05, 0) is 12.8 Å². The summed E-state index contributed by atoms with van der Waals surface area (Å²) in [7, 11) is 0. The maximum Gasteiger partial charge on any atom is 0.271 e. The summed E-state index contributed by atoms with van der Waals surface area (Å²) in [5.74, 6) is 0.281. The van der Waals surface area contributed by atoms with E-state index >= 15 is 0 Å². The van der Waals surface area contributed by atoms with Crippen molar-refractivity contribution in [3.8, 4) is 0 Å². The summed E-state index contributed by atoms with van der Waals surface area (Å²) in [6, 6.07) is 0. The normalized spacial score (nSPS) is 10.3. The monoisotopic (exact) mass is 193 g/mol. The van der Waals surface area contributed by atoms with Crippen molar-refractivity contribution in [2.24, 2.45) is 5.92 Å². The largest absolute Gasteiger partial charge is 0.350 e.